The number of piperazine rings is 1. The summed E-state index contributed by atoms with van der Waals surface area (Å²) in [6.07, 6.45) is 7.01. The topological polar surface area (TPSA) is 106 Å². The molecule has 4 rings (SSSR count). The molecule has 1 aliphatic carbocycles. The Kier molecular flexibility index (Phi) is 9.16. The first-order chi connectivity index (χ1) is 18.2. The Labute approximate surface area is 224 Å². The van der Waals surface area contributed by atoms with Gasteiger partial charge in [-0.2, -0.15) is 5.26 Å². The molecule has 206 valence electrons. The third-order valence-corrected chi connectivity index (χ3v) is 8.98. The summed E-state index contributed by atoms with van der Waals surface area (Å²) in [5, 5.41) is 15.7. The monoisotopic (exact) mass is 525 g/mol. The fourth-order valence-corrected chi connectivity index (χ4v) is 6.65. The molecule has 3 aliphatic rings. The zero-order valence-electron chi connectivity index (χ0n) is 22.6. The SMILES string of the molecule is CC(=O)C1(C2CCCCC2)CCN(C(=O)C(Cc2ccc(F)cc2C#N)NC(=O)C2CN(C)CCN2)CC1. The molecule has 2 aliphatic heterocycles. The lowest BCUT2D eigenvalue weighted by atomic mass is 9.62. The van der Waals surface area contributed by atoms with Gasteiger partial charge in [-0.15, -0.1) is 0 Å². The Morgan fingerprint density at radius 3 is 2.53 bits per heavy atom. The molecule has 2 atom stereocenters. The number of Topliss-reactive ketones (excluding diaryl/α,β-unsaturated/α-hetero) is 1. The molecule has 38 heavy (non-hydrogen) atoms. The van der Waals surface area contributed by atoms with Crippen LogP contribution in [0, 0.1) is 28.5 Å². The van der Waals surface area contributed by atoms with Crippen LogP contribution >= 0.6 is 0 Å². The lowest BCUT2D eigenvalue weighted by molar-refractivity contribution is -0.144. The van der Waals surface area contributed by atoms with Crippen molar-refractivity contribution in [2.45, 2.75) is 70.4 Å². The van der Waals surface area contributed by atoms with Crippen molar-refractivity contribution in [1.29, 1.82) is 5.26 Å². The number of likely N-dealkylation sites (N-methyl/N-ethyl adjacent to an activating group) is 1. The normalized spacial score (nSPS) is 23.3. The molecule has 0 bridgehead atoms. The molecular weight excluding hydrogens is 485 g/mol. The van der Waals surface area contributed by atoms with Crippen LogP contribution in [0.1, 0.15) is 63.0 Å². The first-order valence-electron chi connectivity index (χ1n) is 13.9. The van der Waals surface area contributed by atoms with Gasteiger partial charge in [0.1, 0.15) is 17.6 Å². The third kappa shape index (κ3) is 6.24. The van der Waals surface area contributed by atoms with Crippen molar-refractivity contribution in [1.82, 2.24) is 20.4 Å². The second kappa shape index (κ2) is 12.4. The molecule has 0 radical (unpaired) electrons. The summed E-state index contributed by atoms with van der Waals surface area (Å²) in [6, 6.07) is 4.59. The number of amides is 2. The molecule has 9 heteroatoms. The predicted molar refractivity (Wildman–Crippen MR) is 142 cm³/mol. The van der Waals surface area contributed by atoms with Gasteiger partial charge in [0, 0.05) is 44.6 Å². The summed E-state index contributed by atoms with van der Waals surface area (Å²) in [6.45, 7) is 4.64. The van der Waals surface area contributed by atoms with Crippen molar-refractivity contribution >= 4 is 17.6 Å². The van der Waals surface area contributed by atoms with Gasteiger partial charge < -0.3 is 20.4 Å². The number of rotatable bonds is 7. The van der Waals surface area contributed by atoms with E-state index in [1.807, 2.05) is 13.1 Å². The Bertz CT molecular complexity index is 1070. The average molecular weight is 526 g/mol. The highest BCUT2D eigenvalue weighted by Crippen LogP contribution is 2.46. The van der Waals surface area contributed by atoms with Gasteiger partial charge in [0.05, 0.1) is 17.7 Å². The number of piperidine rings is 1. The molecule has 1 aromatic carbocycles. The fourth-order valence-electron chi connectivity index (χ4n) is 6.65. The number of benzene rings is 1. The van der Waals surface area contributed by atoms with Crippen LogP contribution < -0.4 is 10.6 Å². The van der Waals surface area contributed by atoms with Gasteiger partial charge in [0.2, 0.25) is 11.8 Å². The van der Waals surface area contributed by atoms with Gasteiger partial charge in [0.25, 0.3) is 0 Å². The summed E-state index contributed by atoms with van der Waals surface area (Å²) in [5.41, 5.74) is 0.287. The van der Waals surface area contributed by atoms with Gasteiger partial charge >= 0.3 is 0 Å². The molecule has 2 N–H and O–H groups in total. The molecule has 2 heterocycles. The molecule has 2 saturated heterocycles. The first kappa shape index (κ1) is 28.2. The van der Waals surface area contributed by atoms with Crippen LogP contribution in [0.2, 0.25) is 0 Å². The Morgan fingerprint density at radius 1 is 1.18 bits per heavy atom. The quantitative estimate of drug-likeness (QED) is 0.567. The zero-order chi connectivity index (χ0) is 27.3. The molecule has 0 spiro atoms. The number of likely N-dealkylation sites (tertiary alicyclic amines) is 1. The number of nitriles is 1. The highest BCUT2D eigenvalue weighted by atomic mass is 19.1. The summed E-state index contributed by atoms with van der Waals surface area (Å²) in [7, 11) is 1.95. The maximum absolute atomic E-state index is 13.8. The molecule has 2 amide bonds. The van der Waals surface area contributed by atoms with Gasteiger partial charge in [-0.3, -0.25) is 14.4 Å². The third-order valence-electron chi connectivity index (χ3n) is 8.98. The van der Waals surface area contributed by atoms with E-state index in [9.17, 15) is 24.0 Å². The average Bonchev–Trinajstić information content (AvgIpc) is 2.93. The minimum absolute atomic E-state index is 0.0906. The van der Waals surface area contributed by atoms with Gasteiger partial charge in [0.15, 0.2) is 0 Å². The van der Waals surface area contributed by atoms with Crippen molar-refractivity contribution < 1.29 is 18.8 Å². The molecule has 1 aromatic rings. The second-order valence-corrected chi connectivity index (χ2v) is 11.3. The highest BCUT2D eigenvalue weighted by Gasteiger charge is 2.46. The minimum atomic E-state index is -0.895. The number of nitrogens with zero attached hydrogens (tertiary/aromatic N) is 3. The van der Waals surface area contributed by atoms with E-state index in [-0.39, 0.29) is 35.0 Å². The number of hydrogen-bond donors (Lipinski definition) is 2. The smallest absolute Gasteiger partial charge is 0.245 e. The standard InChI is InChI=1S/C29H40FN5O3/c1-20(36)29(23-6-4-3-5-7-23)10-13-35(14-11-29)28(38)25(17-21-8-9-24(30)16-22(21)18-31)33-27(37)26-19-34(2)15-12-32-26/h8-9,16,23,25-26,32H,3-7,10-15,17,19H2,1-2H3,(H,33,37). The number of ketones is 1. The second-order valence-electron chi connectivity index (χ2n) is 11.3. The van der Waals surface area contributed by atoms with Crippen molar-refractivity contribution in [3.63, 3.8) is 0 Å². The lowest BCUT2D eigenvalue weighted by Gasteiger charge is -2.47. The number of hydrogen-bond acceptors (Lipinski definition) is 6. The van der Waals surface area contributed by atoms with E-state index in [0.717, 1.165) is 38.3 Å². The van der Waals surface area contributed by atoms with Crippen LogP contribution in [-0.4, -0.2) is 79.3 Å². The van der Waals surface area contributed by atoms with Crippen LogP contribution in [0.5, 0.6) is 0 Å². The van der Waals surface area contributed by atoms with Gasteiger partial charge in [-0.1, -0.05) is 25.3 Å². The zero-order valence-corrected chi connectivity index (χ0v) is 22.6. The maximum Gasteiger partial charge on any atom is 0.245 e. The molecule has 1 saturated carbocycles. The van der Waals surface area contributed by atoms with Crippen LogP contribution in [-0.2, 0) is 20.8 Å². The summed E-state index contributed by atoms with van der Waals surface area (Å²) in [5.74, 6) is -0.428. The molecular formula is C29H40FN5O3. The molecule has 0 aromatic heterocycles. The van der Waals surface area contributed by atoms with Crippen molar-refractivity contribution in [3.8, 4) is 6.07 Å². The maximum atomic E-state index is 13.8. The summed E-state index contributed by atoms with van der Waals surface area (Å²) >= 11 is 0. The van der Waals surface area contributed by atoms with E-state index in [2.05, 4.69) is 15.5 Å². The number of halogens is 1. The van der Waals surface area contributed by atoms with E-state index in [4.69, 9.17) is 0 Å². The summed E-state index contributed by atoms with van der Waals surface area (Å²) in [4.78, 5) is 43.7. The van der Waals surface area contributed by atoms with Gasteiger partial charge in [-0.25, -0.2) is 4.39 Å². The largest absolute Gasteiger partial charge is 0.343 e. The van der Waals surface area contributed by atoms with Crippen LogP contribution in [0.3, 0.4) is 0 Å². The van der Waals surface area contributed by atoms with Crippen LogP contribution in [0.15, 0.2) is 18.2 Å². The lowest BCUT2D eigenvalue weighted by Crippen LogP contribution is -2.60. The van der Waals surface area contributed by atoms with Crippen LogP contribution in [0.25, 0.3) is 0 Å². The summed E-state index contributed by atoms with van der Waals surface area (Å²) < 4.78 is 13.8. The first-order valence-corrected chi connectivity index (χ1v) is 13.9. The Hall–Kier alpha value is -2.83. The molecule has 8 nitrogen and oxygen atoms in total. The fraction of sp³-hybridized carbons (Fsp3) is 0.655. The van der Waals surface area contributed by atoms with E-state index in [0.29, 0.717) is 50.5 Å². The van der Waals surface area contributed by atoms with Crippen LogP contribution in [0.4, 0.5) is 4.39 Å². The van der Waals surface area contributed by atoms with E-state index in [1.165, 1.54) is 18.6 Å². The van der Waals surface area contributed by atoms with Crippen molar-refractivity contribution in [2.75, 3.05) is 39.8 Å². The number of nitrogens with one attached hydrogen (secondary N) is 2. The highest BCUT2D eigenvalue weighted by molar-refractivity contribution is 5.90. The minimum Gasteiger partial charge on any atom is -0.343 e. The van der Waals surface area contributed by atoms with Gasteiger partial charge in [-0.05, 0) is 63.3 Å². The van der Waals surface area contributed by atoms with E-state index in [1.54, 1.807) is 11.8 Å². The Morgan fingerprint density at radius 2 is 1.89 bits per heavy atom. The van der Waals surface area contributed by atoms with E-state index < -0.39 is 17.9 Å². The number of carbonyl (C=O) groups excluding carboxylic acids is 3. The number of carbonyl (C=O) groups is 3. The van der Waals surface area contributed by atoms with Crippen molar-refractivity contribution in [3.05, 3.63) is 35.1 Å². The van der Waals surface area contributed by atoms with E-state index >= 15 is 0 Å². The predicted octanol–water partition coefficient (Wildman–Crippen LogP) is 2.41. The molecule has 3 fully saturated rings. The van der Waals surface area contributed by atoms with Crippen molar-refractivity contribution in [2.24, 2.45) is 11.3 Å². The molecule has 2 unspecified atom stereocenters. The Balaban J connectivity index is 1.52.